The number of hydrogen-bond donors (Lipinski definition) is 2. The summed E-state index contributed by atoms with van der Waals surface area (Å²) in [6, 6.07) is 16.7. The number of benzene rings is 2. The van der Waals surface area contributed by atoms with Gasteiger partial charge >= 0.3 is 0 Å². The molecule has 0 amide bonds. The Morgan fingerprint density at radius 3 is 2.54 bits per heavy atom. The average molecular weight is 493 g/mol. The van der Waals surface area contributed by atoms with E-state index in [2.05, 4.69) is 27.2 Å². The summed E-state index contributed by atoms with van der Waals surface area (Å²) in [5.74, 6) is 0.410. The predicted molar refractivity (Wildman–Crippen MR) is 141 cm³/mol. The van der Waals surface area contributed by atoms with E-state index in [1.165, 1.54) is 6.07 Å². The third kappa shape index (κ3) is 5.12. The van der Waals surface area contributed by atoms with Gasteiger partial charge in [-0.05, 0) is 87.3 Å². The number of anilines is 2. The van der Waals surface area contributed by atoms with Crippen LogP contribution in [-0.2, 0) is 4.57 Å². The van der Waals surface area contributed by atoms with Gasteiger partial charge in [-0.15, -0.1) is 0 Å². The zero-order chi connectivity index (χ0) is 24.6. The molecule has 1 saturated heterocycles. The monoisotopic (exact) mass is 492 g/mol. The number of ether oxygens (including phenoxy) is 1. The highest BCUT2D eigenvalue weighted by Gasteiger charge is 2.22. The number of halogens is 1. The average Bonchev–Trinajstić information content (AvgIpc) is 3.26. The van der Waals surface area contributed by atoms with Gasteiger partial charge in [0.2, 0.25) is 0 Å². The van der Waals surface area contributed by atoms with Crippen molar-refractivity contribution in [2.45, 2.75) is 18.9 Å². The van der Waals surface area contributed by atoms with E-state index in [1.54, 1.807) is 31.7 Å². The van der Waals surface area contributed by atoms with Crippen LogP contribution in [0.25, 0.3) is 22.3 Å². The normalized spacial score (nSPS) is 15.4. The quantitative estimate of drug-likeness (QED) is 0.331. The molecular formula is C27H30FN4O2P. The smallest absolute Gasteiger partial charge is 0.139 e. The van der Waals surface area contributed by atoms with Crippen molar-refractivity contribution in [3.8, 4) is 17.0 Å². The first kappa shape index (κ1) is 23.6. The molecule has 0 atom stereocenters. The molecule has 0 unspecified atom stereocenters. The lowest BCUT2D eigenvalue weighted by Crippen LogP contribution is -2.35. The molecule has 8 heteroatoms. The molecule has 3 heterocycles. The number of H-pyrrole nitrogens is 1. The van der Waals surface area contributed by atoms with Gasteiger partial charge in [0.1, 0.15) is 30.5 Å². The van der Waals surface area contributed by atoms with Crippen molar-refractivity contribution in [1.82, 2.24) is 14.9 Å². The van der Waals surface area contributed by atoms with Gasteiger partial charge in [-0.1, -0.05) is 6.07 Å². The Morgan fingerprint density at radius 1 is 1.09 bits per heavy atom. The molecule has 0 spiro atoms. The number of fused-ring (bicyclic) bond motifs is 1. The number of nitrogens with one attached hydrogen (secondary N) is 2. The predicted octanol–water partition coefficient (Wildman–Crippen LogP) is 5.83. The summed E-state index contributed by atoms with van der Waals surface area (Å²) in [5, 5.41) is 4.38. The molecule has 0 bridgehead atoms. The Morgan fingerprint density at radius 2 is 1.83 bits per heavy atom. The summed E-state index contributed by atoms with van der Waals surface area (Å²) in [7, 11) is -0.687. The van der Waals surface area contributed by atoms with E-state index in [4.69, 9.17) is 4.74 Å². The van der Waals surface area contributed by atoms with Gasteiger partial charge in [-0.2, -0.15) is 0 Å². The molecule has 1 aliphatic heterocycles. The first-order valence-electron chi connectivity index (χ1n) is 11.8. The molecule has 35 heavy (non-hydrogen) atoms. The third-order valence-corrected chi connectivity index (χ3v) is 7.99. The Hall–Kier alpha value is -3.15. The van der Waals surface area contributed by atoms with Crippen LogP contribution in [0, 0.1) is 5.82 Å². The van der Waals surface area contributed by atoms with Gasteiger partial charge < -0.3 is 24.5 Å². The van der Waals surface area contributed by atoms with Crippen molar-refractivity contribution >= 4 is 34.9 Å². The Kier molecular flexibility index (Phi) is 6.39. The molecule has 5 rings (SSSR count). The van der Waals surface area contributed by atoms with E-state index in [-0.39, 0.29) is 11.4 Å². The lowest BCUT2D eigenvalue weighted by Gasteiger charge is -2.29. The summed E-state index contributed by atoms with van der Waals surface area (Å²) >= 11 is 0. The molecule has 2 N–H and O–H groups in total. The molecule has 0 radical (unpaired) electrons. The highest BCUT2D eigenvalue weighted by Crippen LogP contribution is 2.40. The van der Waals surface area contributed by atoms with E-state index < -0.39 is 13.0 Å². The minimum atomic E-state index is -2.83. The molecule has 0 saturated carbocycles. The summed E-state index contributed by atoms with van der Waals surface area (Å²) in [5.41, 5.74) is 3.92. The number of pyridine rings is 1. The maximum Gasteiger partial charge on any atom is 0.139 e. The number of rotatable bonds is 6. The molecule has 4 aromatic rings. The van der Waals surface area contributed by atoms with Crippen molar-refractivity contribution in [2.24, 2.45) is 0 Å². The SMILES string of the molecule is CN1CCC(Oc2ccc(-c3cc4c(Nc5cccc(F)c5P(C)(C)=O)ccnc4[nH]3)cc2)CC1. The molecule has 0 aliphatic carbocycles. The number of aromatic amines is 1. The number of likely N-dealkylation sites (tertiary alicyclic amines) is 1. The van der Waals surface area contributed by atoms with Crippen LogP contribution in [0.15, 0.2) is 60.8 Å². The largest absolute Gasteiger partial charge is 0.490 e. The third-order valence-electron chi connectivity index (χ3n) is 6.46. The number of aromatic nitrogens is 2. The fourth-order valence-corrected chi connectivity index (χ4v) is 5.91. The van der Waals surface area contributed by atoms with Crippen LogP contribution in [-0.4, -0.2) is 54.4 Å². The molecule has 2 aromatic carbocycles. The number of nitrogens with zero attached hydrogens (tertiary/aromatic N) is 2. The Bertz CT molecular complexity index is 1390. The van der Waals surface area contributed by atoms with Gasteiger partial charge in [-0.3, -0.25) is 0 Å². The van der Waals surface area contributed by atoms with Crippen LogP contribution < -0.4 is 15.4 Å². The van der Waals surface area contributed by atoms with Crippen molar-refractivity contribution < 1.29 is 13.7 Å². The van der Waals surface area contributed by atoms with Gasteiger partial charge in [0.15, 0.2) is 0 Å². The van der Waals surface area contributed by atoms with Crippen molar-refractivity contribution in [3.05, 3.63) is 66.6 Å². The summed E-state index contributed by atoms with van der Waals surface area (Å²) in [6.45, 7) is 5.28. The second-order valence-corrected chi connectivity index (χ2v) is 12.7. The maximum absolute atomic E-state index is 14.5. The molecule has 6 nitrogen and oxygen atoms in total. The molecule has 1 aliphatic rings. The lowest BCUT2D eigenvalue weighted by molar-refractivity contribution is 0.114. The minimum absolute atomic E-state index is 0.223. The van der Waals surface area contributed by atoms with Crippen LogP contribution in [0.1, 0.15) is 12.8 Å². The van der Waals surface area contributed by atoms with Gasteiger partial charge in [0.05, 0.1) is 16.7 Å². The second-order valence-electron chi connectivity index (χ2n) is 9.56. The van der Waals surface area contributed by atoms with E-state index in [9.17, 15) is 8.96 Å². The summed E-state index contributed by atoms with van der Waals surface area (Å²) in [4.78, 5) is 10.2. The van der Waals surface area contributed by atoms with Crippen LogP contribution >= 0.6 is 7.14 Å². The number of hydrogen-bond acceptors (Lipinski definition) is 5. The first-order valence-corrected chi connectivity index (χ1v) is 14.4. The van der Waals surface area contributed by atoms with Crippen LogP contribution in [0.4, 0.5) is 15.8 Å². The molecule has 2 aromatic heterocycles. The van der Waals surface area contributed by atoms with E-state index in [1.807, 2.05) is 36.4 Å². The van der Waals surface area contributed by atoms with E-state index in [0.717, 1.165) is 54.0 Å². The molecule has 182 valence electrons. The summed E-state index contributed by atoms with van der Waals surface area (Å²) in [6.07, 6.45) is 4.04. The maximum atomic E-state index is 14.5. The highest BCUT2D eigenvalue weighted by atomic mass is 31.2. The van der Waals surface area contributed by atoms with Crippen LogP contribution in [0.3, 0.4) is 0 Å². The topological polar surface area (TPSA) is 70.2 Å². The first-order chi connectivity index (χ1) is 16.8. The van der Waals surface area contributed by atoms with Gasteiger partial charge in [0, 0.05) is 30.4 Å². The van der Waals surface area contributed by atoms with Crippen molar-refractivity contribution in [3.63, 3.8) is 0 Å². The van der Waals surface area contributed by atoms with E-state index >= 15 is 0 Å². The number of piperidine rings is 1. The highest BCUT2D eigenvalue weighted by molar-refractivity contribution is 7.70. The van der Waals surface area contributed by atoms with Crippen LogP contribution in [0.2, 0.25) is 0 Å². The zero-order valence-corrected chi connectivity index (χ0v) is 21.1. The van der Waals surface area contributed by atoms with Crippen molar-refractivity contribution in [2.75, 3.05) is 38.8 Å². The second kappa shape index (κ2) is 9.48. The molecular weight excluding hydrogens is 462 g/mol. The summed E-state index contributed by atoms with van der Waals surface area (Å²) < 4.78 is 33.5. The minimum Gasteiger partial charge on any atom is -0.490 e. The Labute approximate surface area is 204 Å². The van der Waals surface area contributed by atoms with Crippen molar-refractivity contribution in [1.29, 1.82) is 0 Å². The Balaban J connectivity index is 1.40. The van der Waals surface area contributed by atoms with E-state index in [0.29, 0.717) is 11.3 Å². The standard InChI is InChI=1S/C27H30FN4O2P/c1-32-15-12-20(13-16-32)34-19-9-7-18(8-10-19)25-17-21-23(11-14-29-27(21)31-25)30-24-6-4-5-22(28)26(24)35(2,3)33/h4-11,14,17,20H,12-13,15-16H2,1-3H3,(H2,29,30,31). The van der Waals surface area contributed by atoms with Gasteiger partial charge in [-0.25, -0.2) is 9.37 Å². The zero-order valence-electron chi connectivity index (χ0n) is 20.2. The van der Waals surface area contributed by atoms with Gasteiger partial charge in [0.25, 0.3) is 0 Å². The fraction of sp³-hybridized carbons (Fsp3) is 0.296. The fourth-order valence-electron chi connectivity index (χ4n) is 4.61. The lowest BCUT2D eigenvalue weighted by atomic mass is 10.1. The molecule has 1 fully saturated rings. The van der Waals surface area contributed by atoms with Crippen LogP contribution in [0.5, 0.6) is 5.75 Å².